The molecule has 0 aliphatic heterocycles. The second-order valence-corrected chi connectivity index (χ2v) is 4.63. The lowest BCUT2D eigenvalue weighted by atomic mass is 9.85. The van der Waals surface area contributed by atoms with E-state index in [1.165, 1.54) is 6.42 Å². The summed E-state index contributed by atoms with van der Waals surface area (Å²) in [6.45, 7) is 0.569. The second kappa shape index (κ2) is 6.12. The highest BCUT2D eigenvalue weighted by atomic mass is 19.4. The molecule has 2 N–H and O–H groups in total. The molecule has 1 saturated carbocycles. The number of amides is 2. The Morgan fingerprint density at radius 1 is 1.29 bits per heavy atom. The van der Waals surface area contributed by atoms with Gasteiger partial charge in [-0.25, -0.2) is 4.79 Å². The SMILES string of the molecule is CC(NC(=O)NCC(F)(F)F)C1CCCCC1. The Kier molecular flexibility index (Phi) is 5.08. The zero-order chi connectivity index (χ0) is 12.9. The van der Waals surface area contributed by atoms with E-state index in [9.17, 15) is 18.0 Å². The lowest BCUT2D eigenvalue weighted by Gasteiger charge is -2.28. The van der Waals surface area contributed by atoms with E-state index >= 15 is 0 Å². The zero-order valence-corrected chi connectivity index (χ0v) is 9.94. The summed E-state index contributed by atoms with van der Waals surface area (Å²) in [5.74, 6) is 0.389. The van der Waals surface area contributed by atoms with Crippen LogP contribution in [0.2, 0.25) is 0 Å². The Morgan fingerprint density at radius 3 is 2.41 bits per heavy atom. The topological polar surface area (TPSA) is 41.1 Å². The van der Waals surface area contributed by atoms with Crippen molar-refractivity contribution < 1.29 is 18.0 Å². The number of carbonyl (C=O) groups excluding carboxylic acids is 1. The third-order valence-corrected chi connectivity index (χ3v) is 3.17. The van der Waals surface area contributed by atoms with Crippen molar-refractivity contribution in [1.29, 1.82) is 0 Å². The van der Waals surface area contributed by atoms with Gasteiger partial charge in [-0.1, -0.05) is 19.3 Å². The number of hydrogen-bond acceptors (Lipinski definition) is 1. The number of nitrogens with one attached hydrogen (secondary N) is 2. The summed E-state index contributed by atoms with van der Waals surface area (Å²) < 4.78 is 35.6. The molecular weight excluding hydrogens is 233 g/mol. The monoisotopic (exact) mass is 252 g/mol. The first kappa shape index (κ1) is 14.1. The van der Waals surface area contributed by atoms with Crippen molar-refractivity contribution in [2.24, 2.45) is 5.92 Å². The van der Waals surface area contributed by atoms with Crippen molar-refractivity contribution in [3.8, 4) is 0 Å². The Bertz CT molecular complexity index is 250. The van der Waals surface area contributed by atoms with Crippen molar-refractivity contribution in [2.45, 2.75) is 51.2 Å². The molecule has 0 saturated heterocycles. The quantitative estimate of drug-likeness (QED) is 0.796. The summed E-state index contributed by atoms with van der Waals surface area (Å²) in [7, 11) is 0. The molecule has 1 rings (SSSR count). The minimum absolute atomic E-state index is 0.0662. The van der Waals surface area contributed by atoms with Crippen molar-refractivity contribution in [3.63, 3.8) is 0 Å². The van der Waals surface area contributed by atoms with Gasteiger partial charge in [0.15, 0.2) is 0 Å². The third-order valence-electron chi connectivity index (χ3n) is 3.17. The van der Waals surface area contributed by atoms with Crippen molar-refractivity contribution >= 4 is 6.03 Å². The zero-order valence-electron chi connectivity index (χ0n) is 9.94. The molecule has 0 spiro atoms. The van der Waals surface area contributed by atoms with Crippen LogP contribution in [0.1, 0.15) is 39.0 Å². The van der Waals surface area contributed by atoms with Gasteiger partial charge in [-0.3, -0.25) is 0 Å². The van der Waals surface area contributed by atoms with Crippen LogP contribution < -0.4 is 10.6 Å². The Hall–Kier alpha value is -0.940. The number of halogens is 3. The molecule has 3 nitrogen and oxygen atoms in total. The third kappa shape index (κ3) is 5.79. The number of alkyl halides is 3. The first-order valence-electron chi connectivity index (χ1n) is 5.99. The van der Waals surface area contributed by atoms with E-state index in [2.05, 4.69) is 5.32 Å². The minimum Gasteiger partial charge on any atom is -0.335 e. The molecule has 2 amide bonds. The molecule has 0 aromatic heterocycles. The Labute approximate surface area is 99.1 Å². The van der Waals surface area contributed by atoms with Crippen molar-refractivity contribution in [2.75, 3.05) is 6.54 Å². The van der Waals surface area contributed by atoms with E-state index in [0.29, 0.717) is 5.92 Å². The summed E-state index contributed by atoms with van der Waals surface area (Å²) in [6, 6.07) is -0.802. The standard InChI is InChI=1S/C11H19F3N2O/c1-8(9-5-3-2-4-6-9)16-10(17)15-7-11(12,13)14/h8-9H,2-7H2,1H3,(H2,15,16,17). The molecule has 17 heavy (non-hydrogen) atoms. The average Bonchev–Trinajstić information content (AvgIpc) is 2.27. The van der Waals surface area contributed by atoms with E-state index in [1.54, 1.807) is 0 Å². The van der Waals surface area contributed by atoms with Gasteiger partial charge in [0.1, 0.15) is 6.54 Å². The molecule has 1 fully saturated rings. The van der Waals surface area contributed by atoms with Crippen LogP contribution in [0.15, 0.2) is 0 Å². The second-order valence-electron chi connectivity index (χ2n) is 4.63. The predicted molar refractivity (Wildman–Crippen MR) is 58.6 cm³/mol. The minimum atomic E-state index is -4.36. The maximum atomic E-state index is 11.9. The molecular formula is C11H19F3N2O. The molecule has 1 aliphatic rings. The van der Waals surface area contributed by atoms with E-state index < -0.39 is 18.8 Å². The van der Waals surface area contributed by atoms with Crippen LogP contribution in [0.3, 0.4) is 0 Å². The number of carbonyl (C=O) groups is 1. The number of rotatable bonds is 3. The van der Waals surface area contributed by atoms with Crippen LogP contribution in [-0.4, -0.2) is 24.8 Å². The first-order valence-corrected chi connectivity index (χ1v) is 5.99. The highest BCUT2D eigenvalue weighted by Gasteiger charge is 2.28. The van der Waals surface area contributed by atoms with Crippen LogP contribution >= 0.6 is 0 Å². The highest BCUT2D eigenvalue weighted by molar-refractivity contribution is 5.74. The fourth-order valence-corrected chi connectivity index (χ4v) is 2.19. The van der Waals surface area contributed by atoms with Gasteiger partial charge in [0.2, 0.25) is 0 Å². The van der Waals surface area contributed by atoms with E-state index in [1.807, 2.05) is 12.2 Å². The van der Waals surface area contributed by atoms with Gasteiger partial charge in [0, 0.05) is 6.04 Å². The summed E-state index contributed by atoms with van der Waals surface area (Å²) in [5, 5.41) is 4.39. The van der Waals surface area contributed by atoms with Crippen LogP contribution in [0.5, 0.6) is 0 Å². The normalized spacial score (nSPS) is 19.8. The molecule has 0 aromatic carbocycles. The van der Waals surface area contributed by atoms with E-state index in [0.717, 1.165) is 25.7 Å². The van der Waals surface area contributed by atoms with Gasteiger partial charge in [-0.05, 0) is 25.7 Å². The van der Waals surface area contributed by atoms with E-state index in [4.69, 9.17) is 0 Å². The van der Waals surface area contributed by atoms with Crippen LogP contribution in [0, 0.1) is 5.92 Å². The largest absolute Gasteiger partial charge is 0.405 e. The van der Waals surface area contributed by atoms with Crippen molar-refractivity contribution in [3.05, 3.63) is 0 Å². The molecule has 100 valence electrons. The fourth-order valence-electron chi connectivity index (χ4n) is 2.19. The van der Waals surface area contributed by atoms with Crippen LogP contribution in [0.4, 0.5) is 18.0 Å². The molecule has 1 aliphatic carbocycles. The fraction of sp³-hybridized carbons (Fsp3) is 0.909. The van der Waals surface area contributed by atoms with E-state index in [-0.39, 0.29) is 6.04 Å². The van der Waals surface area contributed by atoms with Gasteiger partial charge >= 0.3 is 12.2 Å². The van der Waals surface area contributed by atoms with Gasteiger partial charge in [-0.2, -0.15) is 13.2 Å². The molecule has 1 atom stereocenters. The Balaban J connectivity index is 2.25. The molecule has 0 radical (unpaired) electrons. The van der Waals surface area contributed by atoms with Gasteiger partial charge in [0.05, 0.1) is 0 Å². The predicted octanol–water partition coefficient (Wildman–Crippen LogP) is 2.82. The average molecular weight is 252 g/mol. The van der Waals surface area contributed by atoms with Crippen LogP contribution in [0.25, 0.3) is 0 Å². The lowest BCUT2D eigenvalue weighted by molar-refractivity contribution is -0.122. The molecule has 0 aromatic rings. The van der Waals surface area contributed by atoms with Gasteiger partial charge < -0.3 is 10.6 Å². The molecule has 6 heteroatoms. The number of hydrogen-bond donors (Lipinski definition) is 2. The molecule has 0 bridgehead atoms. The molecule has 0 heterocycles. The summed E-state index contributed by atoms with van der Waals surface area (Å²) in [6.07, 6.45) is 1.22. The summed E-state index contributed by atoms with van der Waals surface area (Å²) in [4.78, 5) is 11.2. The number of urea groups is 1. The van der Waals surface area contributed by atoms with Crippen LogP contribution in [-0.2, 0) is 0 Å². The summed E-state index contributed by atoms with van der Waals surface area (Å²) >= 11 is 0. The smallest absolute Gasteiger partial charge is 0.335 e. The maximum absolute atomic E-state index is 11.9. The Morgan fingerprint density at radius 2 is 1.88 bits per heavy atom. The first-order chi connectivity index (χ1) is 7.88. The van der Waals surface area contributed by atoms with Gasteiger partial charge in [-0.15, -0.1) is 0 Å². The highest BCUT2D eigenvalue weighted by Crippen LogP contribution is 2.26. The molecule has 1 unspecified atom stereocenters. The summed E-state index contributed by atoms with van der Waals surface area (Å²) in [5.41, 5.74) is 0. The van der Waals surface area contributed by atoms with Gasteiger partial charge in [0.25, 0.3) is 0 Å². The lowest BCUT2D eigenvalue weighted by Crippen LogP contribution is -2.46. The van der Waals surface area contributed by atoms with Crippen molar-refractivity contribution in [1.82, 2.24) is 10.6 Å². The maximum Gasteiger partial charge on any atom is 0.405 e.